The molecule has 140 valence electrons. The molecule has 28 heavy (non-hydrogen) atoms. The number of aromatic amines is 1. The predicted molar refractivity (Wildman–Crippen MR) is 113 cm³/mol. The van der Waals surface area contributed by atoms with E-state index in [1.165, 1.54) is 0 Å². The fourth-order valence-electron chi connectivity index (χ4n) is 2.91. The zero-order valence-corrected chi connectivity index (χ0v) is 16.2. The Balaban J connectivity index is 1.85. The maximum Gasteiger partial charge on any atom is 0.230 e. The molecule has 0 bridgehead atoms. The number of carbonyl (C=O) groups excluding carboxylic acids is 1. The number of fused-ring (bicyclic) bond motifs is 1. The summed E-state index contributed by atoms with van der Waals surface area (Å²) in [4.78, 5) is 25.2. The second-order valence-corrected chi connectivity index (χ2v) is 7.79. The Morgan fingerprint density at radius 3 is 2.39 bits per heavy atom. The number of benzene rings is 2. The number of rotatable bonds is 3. The number of H-pyrrole nitrogens is 1. The molecular formula is C23H22N4O. The molecule has 4 rings (SSSR count). The molecule has 5 heteroatoms. The van der Waals surface area contributed by atoms with Crippen LogP contribution >= 0.6 is 0 Å². The number of hydrogen-bond donors (Lipinski definition) is 2. The smallest absolute Gasteiger partial charge is 0.230 e. The van der Waals surface area contributed by atoms with E-state index in [0.29, 0.717) is 11.6 Å². The maximum atomic E-state index is 12.6. The molecule has 4 aromatic rings. The predicted octanol–water partition coefficient (Wildman–Crippen LogP) is 5.28. The minimum atomic E-state index is -0.523. The fraction of sp³-hybridized carbons (Fsp3) is 0.174. The van der Waals surface area contributed by atoms with Crippen LogP contribution in [0.4, 0.5) is 5.82 Å². The first-order valence-corrected chi connectivity index (χ1v) is 9.24. The van der Waals surface area contributed by atoms with E-state index in [9.17, 15) is 4.79 Å². The summed E-state index contributed by atoms with van der Waals surface area (Å²) in [6.45, 7) is 5.63. The van der Waals surface area contributed by atoms with Crippen molar-refractivity contribution in [3.63, 3.8) is 0 Å². The van der Waals surface area contributed by atoms with Crippen molar-refractivity contribution in [2.24, 2.45) is 5.41 Å². The topological polar surface area (TPSA) is 70.7 Å². The van der Waals surface area contributed by atoms with Crippen LogP contribution in [0, 0.1) is 5.41 Å². The number of aromatic nitrogens is 3. The van der Waals surface area contributed by atoms with Gasteiger partial charge < -0.3 is 10.3 Å². The van der Waals surface area contributed by atoms with E-state index in [-0.39, 0.29) is 5.91 Å². The molecule has 2 aromatic heterocycles. The number of pyridine rings is 1. The summed E-state index contributed by atoms with van der Waals surface area (Å²) in [5.41, 5.74) is 4.07. The van der Waals surface area contributed by atoms with Gasteiger partial charge in [0.05, 0.1) is 16.6 Å². The molecule has 0 saturated heterocycles. The highest BCUT2D eigenvalue weighted by Crippen LogP contribution is 2.31. The molecule has 1 amide bonds. The van der Waals surface area contributed by atoms with Gasteiger partial charge in [0.25, 0.3) is 0 Å². The third-order valence-corrected chi connectivity index (χ3v) is 4.55. The van der Waals surface area contributed by atoms with Crippen LogP contribution in [-0.4, -0.2) is 20.9 Å². The number of carbonyl (C=O) groups is 1. The van der Waals surface area contributed by atoms with Gasteiger partial charge in [-0.15, -0.1) is 0 Å². The van der Waals surface area contributed by atoms with Gasteiger partial charge in [-0.3, -0.25) is 4.79 Å². The molecule has 2 aromatic carbocycles. The Kier molecular flexibility index (Phi) is 4.43. The quantitative estimate of drug-likeness (QED) is 0.516. The molecule has 2 N–H and O–H groups in total. The van der Waals surface area contributed by atoms with Crippen molar-refractivity contribution in [3.05, 3.63) is 66.9 Å². The fourth-order valence-corrected chi connectivity index (χ4v) is 2.91. The van der Waals surface area contributed by atoms with Crippen molar-refractivity contribution >= 4 is 22.8 Å². The lowest BCUT2D eigenvalue weighted by molar-refractivity contribution is -0.123. The first kappa shape index (κ1) is 17.9. The van der Waals surface area contributed by atoms with Crippen molar-refractivity contribution in [1.82, 2.24) is 15.0 Å². The van der Waals surface area contributed by atoms with Crippen LogP contribution in [0.2, 0.25) is 0 Å². The maximum absolute atomic E-state index is 12.6. The summed E-state index contributed by atoms with van der Waals surface area (Å²) in [6, 6.07) is 19.9. The number of nitrogens with one attached hydrogen (secondary N) is 2. The molecule has 2 heterocycles. The van der Waals surface area contributed by atoms with Gasteiger partial charge >= 0.3 is 0 Å². The van der Waals surface area contributed by atoms with Gasteiger partial charge in [-0.1, -0.05) is 63.2 Å². The first-order chi connectivity index (χ1) is 13.4. The molecule has 0 atom stereocenters. The highest BCUT2D eigenvalue weighted by atomic mass is 16.2. The highest BCUT2D eigenvalue weighted by Gasteiger charge is 2.23. The minimum Gasteiger partial charge on any atom is -0.338 e. The van der Waals surface area contributed by atoms with Gasteiger partial charge in [0.2, 0.25) is 5.91 Å². The molecule has 0 aliphatic carbocycles. The van der Waals surface area contributed by atoms with Gasteiger partial charge in [-0.2, -0.15) is 0 Å². The van der Waals surface area contributed by atoms with E-state index in [0.717, 1.165) is 27.7 Å². The summed E-state index contributed by atoms with van der Waals surface area (Å²) in [5, 5.41) is 2.96. The highest BCUT2D eigenvalue weighted by molar-refractivity contribution is 5.97. The molecule has 0 unspecified atom stereocenters. The largest absolute Gasteiger partial charge is 0.338 e. The van der Waals surface area contributed by atoms with Crippen LogP contribution < -0.4 is 5.32 Å². The lowest BCUT2D eigenvalue weighted by Gasteiger charge is -2.18. The Labute approximate surface area is 163 Å². The van der Waals surface area contributed by atoms with Crippen LogP contribution in [-0.2, 0) is 4.79 Å². The Bertz CT molecular complexity index is 1110. The zero-order chi connectivity index (χ0) is 19.7. The van der Waals surface area contributed by atoms with Gasteiger partial charge in [0, 0.05) is 17.2 Å². The lowest BCUT2D eigenvalue weighted by atomic mass is 9.95. The monoisotopic (exact) mass is 370 g/mol. The molecule has 0 spiro atoms. The van der Waals surface area contributed by atoms with Crippen LogP contribution in [0.1, 0.15) is 20.8 Å². The van der Waals surface area contributed by atoms with E-state index in [1.807, 2.05) is 81.4 Å². The lowest BCUT2D eigenvalue weighted by Crippen LogP contribution is -2.28. The van der Waals surface area contributed by atoms with Gasteiger partial charge in [0.1, 0.15) is 11.6 Å². The third kappa shape index (κ3) is 3.51. The normalized spacial score (nSPS) is 11.5. The second-order valence-electron chi connectivity index (χ2n) is 7.79. The average Bonchev–Trinajstić information content (AvgIpc) is 3.12. The van der Waals surface area contributed by atoms with Gasteiger partial charge in [-0.25, -0.2) is 9.97 Å². The number of para-hydroxylation sites is 2. The van der Waals surface area contributed by atoms with Crippen molar-refractivity contribution < 1.29 is 4.79 Å². The van der Waals surface area contributed by atoms with E-state index in [1.54, 1.807) is 6.20 Å². The van der Waals surface area contributed by atoms with Crippen LogP contribution in [0.15, 0.2) is 66.9 Å². The summed E-state index contributed by atoms with van der Waals surface area (Å²) in [6.07, 6.45) is 1.78. The van der Waals surface area contributed by atoms with E-state index in [2.05, 4.69) is 15.3 Å². The molecule has 0 saturated carbocycles. The summed E-state index contributed by atoms with van der Waals surface area (Å²) >= 11 is 0. The van der Waals surface area contributed by atoms with Gasteiger partial charge in [0.15, 0.2) is 0 Å². The Morgan fingerprint density at radius 1 is 0.964 bits per heavy atom. The minimum absolute atomic E-state index is 0.0928. The summed E-state index contributed by atoms with van der Waals surface area (Å²) < 4.78 is 0. The van der Waals surface area contributed by atoms with E-state index < -0.39 is 5.41 Å². The number of nitrogens with zero attached hydrogens (tertiary/aromatic N) is 2. The first-order valence-electron chi connectivity index (χ1n) is 9.24. The molecule has 0 fully saturated rings. The van der Waals surface area contributed by atoms with Crippen LogP contribution in [0.25, 0.3) is 33.5 Å². The Morgan fingerprint density at radius 2 is 1.68 bits per heavy atom. The zero-order valence-electron chi connectivity index (χ0n) is 16.2. The summed E-state index contributed by atoms with van der Waals surface area (Å²) in [7, 11) is 0. The van der Waals surface area contributed by atoms with Gasteiger partial charge in [-0.05, 0) is 23.8 Å². The molecule has 0 aliphatic rings. The van der Waals surface area contributed by atoms with E-state index >= 15 is 0 Å². The molecule has 0 aliphatic heterocycles. The number of amides is 1. The van der Waals surface area contributed by atoms with Crippen LogP contribution in [0.3, 0.4) is 0 Å². The second kappa shape index (κ2) is 6.93. The summed E-state index contributed by atoms with van der Waals surface area (Å²) in [5.74, 6) is 1.08. The number of imidazole rings is 1. The van der Waals surface area contributed by atoms with E-state index in [4.69, 9.17) is 4.98 Å². The SMILES string of the molecule is CC(C)(C)C(=O)Nc1ncc(-c2ccccc2)cc1-c1nc2ccccc2[nH]1. The molecule has 0 radical (unpaired) electrons. The third-order valence-electron chi connectivity index (χ3n) is 4.55. The average molecular weight is 370 g/mol. The molecular weight excluding hydrogens is 348 g/mol. The molecule has 5 nitrogen and oxygen atoms in total. The van der Waals surface area contributed by atoms with Crippen molar-refractivity contribution in [2.75, 3.05) is 5.32 Å². The van der Waals surface area contributed by atoms with Crippen molar-refractivity contribution in [1.29, 1.82) is 0 Å². The van der Waals surface area contributed by atoms with Crippen molar-refractivity contribution in [3.8, 4) is 22.5 Å². The number of hydrogen-bond acceptors (Lipinski definition) is 3. The number of anilines is 1. The Hall–Kier alpha value is -3.47. The van der Waals surface area contributed by atoms with Crippen molar-refractivity contribution in [2.45, 2.75) is 20.8 Å². The standard InChI is InChI=1S/C23H22N4O/c1-23(2,3)22(28)27-20-17(21-25-18-11-7-8-12-19(18)26-21)13-16(14-24-20)15-9-5-4-6-10-15/h4-14H,1-3H3,(H,25,26)(H,24,27,28). The van der Waals surface area contributed by atoms with Crippen LogP contribution in [0.5, 0.6) is 0 Å².